The lowest BCUT2D eigenvalue weighted by Gasteiger charge is -2.26. The minimum Gasteiger partial charge on any atom is -0.496 e. The maximum Gasteiger partial charge on any atom is 0.434 e. The SMILES string of the molecule is COc1ccc2c(OCC[C@@H]3NC(=O)N(C)CCCC/C=C\[C@@H]4C[C@@]4(C(=O)NS(=O)(=O)C4(C)CC4)NC3=O)cc(-c3nc(C(F)(F)F)cs3)nc2c1C.COc1ccc2c(OCC[C@@H]3NC(=O)N(C)CCCC/C=C\[C@@H]4C[C@@]4(C(=O)NS(=O)(=O)C4(C)CC4)NC3=O)cc(-c3nc(C(F)(F)F)cs3)nc2c1Cl. The number of thiazole rings is 2. The lowest BCUT2D eigenvalue weighted by molar-refractivity contribution is -0.141. The molecular weight excluding hydrogens is 1500 g/mol. The van der Waals surface area contributed by atoms with Crippen molar-refractivity contribution < 1.29 is 90.9 Å². The zero-order chi connectivity index (χ0) is 76.7. The molecule has 12 rings (SSSR count). The van der Waals surface area contributed by atoms with Crippen molar-refractivity contribution in [3.63, 3.8) is 0 Å². The summed E-state index contributed by atoms with van der Waals surface area (Å²) in [7, 11) is -1.94. The third kappa shape index (κ3) is 17.0. The number of allylic oxidation sites excluding steroid dienone is 2. The number of benzene rings is 2. The molecule has 0 saturated heterocycles. The van der Waals surface area contributed by atoms with E-state index >= 15 is 0 Å². The number of carbonyl (C=O) groups excluding carboxylic acids is 6. The lowest BCUT2D eigenvalue weighted by Crippen LogP contribution is -2.58. The van der Waals surface area contributed by atoms with Gasteiger partial charge in [-0.2, -0.15) is 26.3 Å². The van der Waals surface area contributed by atoms with Crippen LogP contribution in [0.5, 0.6) is 23.0 Å². The number of hydrogen-bond acceptors (Lipinski definition) is 20. The molecule has 4 aromatic heterocycles. The van der Waals surface area contributed by atoms with Crippen LogP contribution in [0.4, 0.5) is 35.9 Å². The number of hydrogen-bond donors (Lipinski definition) is 6. The van der Waals surface area contributed by atoms with E-state index < -0.39 is 124 Å². The Morgan fingerprint density at radius 3 is 1.42 bits per heavy atom. The molecule has 6 aromatic rings. The van der Waals surface area contributed by atoms with Gasteiger partial charge in [-0.05, 0) is 122 Å². The molecule has 2 aliphatic heterocycles. The fourth-order valence-electron chi connectivity index (χ4n) is 12.2. The average molecular weight is 1580 g/mol. The molecule has 4 fully saturated rings. The number of amides is 8. The molecule has 6 heterocycles. The first kappa shape index (κ1) is 78.5. The number of urea groups is 2. The number of carbonyl (C=O) groups is 6. The molecule has 6 atom stereocenters. The molecule has 26 nitrogen and oxygen atoms in total. The third-order valence-corrected chi connectivity index (χ3v) is 26.3. The Bertz CT molecular complexity index is 4430. The Morgan fingerprint density at radius 1 is 0.613 bits per heavy atom. The average Bonchev–Trinajstić information content (AvgIpc) is 1.49. The van der Waals surface area contributed by atoms with Crippen molar-refractivity contribution in [2.45, 2.75) is 156 Å². The number of nitrogens with zero attached hydrogens (tertiary/aromatic N) is 6. The van der Waals surface area contributed by atoms with Gasteiger partial charge in [-0.15, -0.1) is 22.7 Å². The molecule has 0 bridgehead atoms. The van der Waals surface area contributed by atoms with Gasteiger partial charge in [0.15, 0.2) is 11.4 Å². The maximum absolute atomic E-state index is 14.0. The van der Waals surface area contributed by atoms with E-state index in [0.29, 0.717) is 92.1 Å². The van der Waals surface area contributed by atoms with E-state index in [1.807, 2.05) is 24.3 Å². The van der Waals surface area contributed by atoms with Crippen LogP contribution in [0, 0.1) is 18.8 Å². The van der Waals surface area contributed by atoms with Gasteiger partial charge >= 0.3 is 24.4 Å². The summed E-state index contributed by atoms with van der Waals surface area (Å²) >= 11 is 8.08. The number of fused-ring (bicyclic) bond motifs is 4. The van der Waals surface area contributed by atoms with Gasteiger partial charge < -0.3 is 50.0 Å². The number of rotatable bonds is 18. The number of ether oxygens (including phenoxy) is 4. The van der Waals surface area contributed by atoms with Gasteiger partial charge in [0.1, 0.15) is 72.6 Å². The van der Waals surface area contributed by atoms with Crippen LogP contribution in [0.25, 0.3) is 43.2 Å². The predicted octanol–water partition coefficient (Wildman–Crippen LogP) is 10.5. The molecule has 0 radical (unpaired) electrons. The quantitative estimate of drug-likeness (QED) is 0.0344. The molecule has 106 heavy (non-hydrogen) atoms. The first-order valence-corrected chi connectivity index (χ1v) is 39.2. The van der Waals surface area contributed by atoms with Crippen molar-refractivity contribution in [3.05, 3.63) is 93.4 Å². The second-order valence-corrected chi connectivity index (χ2v) is 34.1. The maximum atomic E-state index is 14.0. The van der Waals surface area contributed by atoms with E-state index in [1.54, 1.807) is 59.1 Å². The van der Waals surface area contributed by atoms with Crippen LogP contribution in [0.15, 0.2) is 71.5 Å². The number of halogens is 7. The largest absolute Gasteiger partial charge is 0.496 e. The number of alkyl halides is 6. The smallest absolute Gasteiger partial charge is 0.434 e. The van der Waals surface area contributed by atoms with E-state index in [4.69, 9.17) is 30.5 Å². The second kappa shape index (κ2) is 30.6. The summed E-state index contributed by atoms with van der Waals surface area (Å²) in [5.41, 5.74) is -3.87. The second-order valence-electron chi connectivity index (χ2n) is 27.6. The van der Waals surface area contributed by atoms with Gasteiger partial charge in [-0.1, -0.05) is 35.9 Å². The third-order valence-electron chi connectivity index (χ3n) is 19.9. The summed E-state index contributed by atoms with van der Waals surface area (Å²) in [6, 6.07) is 5.91. The van der Waals surface area contributed by atoms with Crippen molar-refractivity contribution in [1.29, 1.82) is 0 Å². The summed E-state index contributed by atoms with van der Waals surface area (Å²) in [6.45, 7) is 5.34. The zero-order valence-corrected chi connectivity index (χ0v) is 62.7. The van der Waals surface area contributed by atoms with Crippen LogP contribution in [0.2, 0.25) is 5.02 Å². The highest BCUT2D eigenvalue weighted by molar-refractivity contribution is 7.92. The Labute approximate surface area is 619 Å². The predicted molar refractivity (Wildman–Crippen MR) is 382 cm³/mol. The van der Waals surface area contributed by atoms with Gasteiger partial charge in [0.05, 0.1) is 48.0 Å². The van der Waals surface area contributed by atoms with Crippen LogP contribution in [-0.4, -0.2) is 170 Å². The van der Waals surface area contributed by atoms with Crippen LogP contribution in [0.3, 0.4) is 0 Å². The normalized spacial score (nSPS) is 23.9. The molecular formula is C69H79ClF6N12O14S4. The summed E-state index contributed by atoms with van der Waals surface area (Å²) < 4.78 is 158. The molecule has 4 saturated carbocycles. The summed E-state index contributed by atoms with van der Waals surface area (Å²) in [4.78, 5) is 101. The number of aromatic nitrogens is 4. The molecule has 6 aliphatic rings. The van der Waals surface area contributed by atoms with E-state index in [2.05, 4.69) is 50.6 Å². The van der Waals surface area contributed by atoms with Crippen molar-refractivity contribution in [2.24, 2.45) is 11.8 Å². The minimum absolute atomic E-state index is 0.0151. The highest BCUT2D eigenvalue weighted by Crippen LogP contribution is 2.50. The Kier molecular flexibility index (Phi) is 22.6. The van der Waals surface area contributed by atoms with Gasteiger partial charge in [-0.3, -0.25) is 28.6 Å². The Hall–Kier alpha value is -8.61. The fourth-order valence-corrected chi connectivity index (χ4v) is 16.7. The first-order chi connectivity index (χ1) is 50.0. The molecule has 0 spiro atoms. The lowest BCUT2D eigenvalue weighted by atomic mass is 10.1. The van der Waals surface area contributed by atoms with Crippen LogP contribution in [-0.2, 0) is 51.6 Å². The first-order valence-electron chi connectivity index (χ1n) is 34.1. The van der Waals surface area contributed by atoms with Crippen molar-refractivity contribution in [3.8, 4) is 44.4 Å². The van der Waals surface area contributed by atoms with E-state index in [0.717, 1.165) is 46.3 Å². The molecule has 8 amide bonds. The van der Waals surface area contributed by atoms with E-state index in [1.165, 1.54) is 36.2 Å². The zero-order valence-electron chi connectivity index (χ0n) is 58.6. The van der Waals surface area contributed by atoms with Crippen molar-refractivity contribution in [2.75, 3.05) is 54.6 Å². The summed E-state index contributed by atoms with van der Waals surface area (Å²) in [5, 5.41) is 13.7. The van der Waals surface area contributed by atoms with Gasteiger partial charge in [0.25, 0.3) is 11.8 Å². The number of nitrogens with one attached hydrogen (secondary N) is 6. The Balaban J connectivity index is 0.000000212. The van der Waals surface area contributed by atoms with Crippen LogP contribution in [0.1, 0.15) is 121 Å². The van der Waals surface area contributed by atoms with E-state index in [-0.39, 0.29) is 88.1 Å². The van der Waals surface area contributed by atoms with Crippen molar-refractivity contribution >= 4 is 112 Å². The minimum atomic E-state index is -4.67. The molecule has 4 aliphatic carbocycles. The molecule has 37 heteroatoms. The molecule has 572 valence electrons. The van der Waals surface area contributed by atoms with Crippen LogP contribution < -0.4 is 49.7 Å². The fraction of sp³-hybridized carbons (Fsp3) is 0.507. The summed E-state index contributed by atoms with van der Waals surface area (Å²) in [5.74, 6) is -2.90. The number of sulfonamides is 2. The van der Waals surface area contributed by atoms with Gasteiger partial charge in [-0.25, -0.2) is 46.4 Å². The molecule has 2 aromatic carbocycles. The summed E-state index contributed by atoms with van der Waals surface area (Å²) in [6.07, 6.45) is 4.11. The van der Waals surface area contributed by atoms with Gasteiger partial charge in [0.2, 0.25) is 31.9 Å². The number of pyridine rings is 2. The highest BCUT2D eigenvalue weighted by atomic mass is 35.5. The topological polar surface area (TPSA) is 338 Å². The number of methoxy groups -OCH3 is 2. The highest BCUT2D eigenvalue weighted by Gasteiger charge is 2.64. The molecule has 0 unspecified atom stereocenters. The van der Waals surface area contributed by atoms with Gasteiger partial charge in [0, 0.05) is 91.1 Å². The standard InChI is InChI=1S/C35H41F3N6O7S2.C34H38ClF3N6O7S2/c1-20-25(50-4)11-10-22-26(17-24(39-28(20)22)30-41-27(19-52-30)35(36,37)38)51-16-12-23-29(45)42-34(31(46)43-53(48,49)33(2)13-14-33)18-21(34)9-7-5-6-8-15-44(3)32(47)40-23;1-32(12-13-32)53(48,49)43-30(46)33-17-19(33)8-6-4-5-7-14-44(2)31(47)40-21(28(45)42-33)11-15-51-24-16-22(29-41-25(18-52-29)34(36,37)38)39-27-20(24)9-10-23(50-3)26(27)35/h7,9-11,17,19,21,23H,5-6,8,12-16,18H2,1-4H3,(H,40,47)(H,42,45)(H,43,46);6,8-10,16,18-19,21H,4-5,7,11-15,17H2,1-3H3,(H,40,47)(H,42,45)(H,43,46)/b9-7-;8-6-/t21-,23+,34-;19-,21+,33-/m11/s1. The molecule has 6 N–H and O–H groups in total. The van der Waals surface area contributed by atoms with Crippen molar-refractivity contribution in [1.82, 2.24) is 60.4 Å². The number of aryl methyl sites for hydroxylation is 1. The van der Waals surface area contributed by atoms with Crippen LogP contribution >= 0.6 is 34.3 Å². The van der Waals surface area contributed by atoms with E-state index in [9.17, 15) is 71.9 Å². The monoisotopic (exact) mass is 1580 g/mol. The Morgan fingerprint density at radius 2 is 1.02 bits per heavy atom.